The van der Waals surface area contributed by atoms with Crippen LogP contribution in [0.2, 0.25) is 0 Å². The molecule has 0 bridgehead atoms. The SMILES string of the molecule is Cn1nc(C(=O)N2CC[NH+](CC(=O)NC(C)(C)C)CC2)c2ccccc2c1=O. The van der Waals surface area contributed by atoms with Gasteiger partial charge in [0, 0.05) is 18.0 Å². The Balaban J connectivity index is 1.70. The summed E-state index contributed by atoms with van der Waals surface area (Å²) in [5, 5.41) is 8.27. The van der Waals surface area contributed by atoms with Crippen LogP contribution in [0.15, 0.2) is 29.1 Å². The van der Waals surface area contributed by atoms with Crippen LogP contribution in [0.5, 0.6) is 0 Å². The summed E-state index contributed by atoms with van der Waals surface area (Å²) in [5.74, 6) is -0.155. The highest BCUT2D eigenvalue weighted by Gasteiger charge is 2.28. The fourth-order valence-corrected chi connectivity index (χ4v) is 3.50. The molecule has 0 aliphatic carbocycles. The van der Waals surface area contributed by atoms with Gasteiger partial charge in [-0.3, -0.25) is 14.4 Å². The Morgan fingerprint density at radius 3 is 2.36 bits per heavy atom. The lowest BCUT2D eigenvalue weighted by atomic mass is 10.1. The monoisotopic (exact) mass is 386 g/mol. The second kappa shape index (κ2) is 7.71. The van der Waals surface area contributed by atoms with E-state index in [1.165, 1.54) is 4.68 Å². The molecule has 28 heavy (non-hydrogen) atoms. The van der Waals surface area contributed by atoms with Gasteiger partial charge in [-0.1, -0.05) is 18.2 Å². The first kappa shape index (κ1) is 20.0. The molecule has 1 aliphatic rings. The maximum absolute atomic E-state index is 13.1. The lowest BCUT2D eigenvalue weighted by Crippen LogP contribution is -3.16. The zero-order chi connectivity index (χ0) is 20.5. The van der Waals surface area contributed by atoms with Gasteiger partial charge in [-0.2, -0.15) is 5.10 Å². The van der Waals surface area contributed by atoms with E-state index < -0.39 is 0 Å². The molecule has 1 fully saturated rings. The third kappa shape index (κ3) is 4.39. The number of benzene rings is 1. The number of nitrogens with one attached hydrogen (secondary N) is 2. The van der Waals surface area contributed by atoms with Gasteiger partial charge in [0.05, 0.1) is 31.6 Å². The third-order valence-electron chi connectivity index (χ3n) is 4.84. The van der Waals surface area contributed by atoms with Crippen molar-refractivity contribution in [2.24, 2.45) is 7.05 Å². The summed E-state index contributed by atoms with van der Waals surface area (Å²) < 4.78 is 1.22. The quantitative estimate of drug-likeness (QED) is 0.722. The third-order valence-corrected chi connectivity index (χ3v) is 4.84. The zero-order valence-corrected chi connectivity index (χ0v) is 16.9. The van der Waals surface area contributed by atoms with E-state index in [1.807, 2.05) is 20.8 Å². The van der Waals surface area contributed by atoms with E-state index in [0.717, 1.165) is 4.90 Å². The fourth-order valence-electron chi connectivity index (χ4n) is 3.50. The molecule has 3 rings (SSSR count). The van der Waals surface area contributed by atoms with Gasteiger partial charge in [-0.15, -0.1) is 0 Å². The Morgan fingerprint density at radius 2 is 1.75 bits per heavy atom. The average Bonchev–Trinajstić information content (AvgIpc) is 2.63. The highest BCUT2D eigenvalue weighted by atomic mass is 16.2. The molecule has 0 saturated carbocycles. The number of rotatable bonds is 3. The van der Waals surface area contributed by atoms with Crippen LogP contribution in [0, 0.1) is 0 Å². The lowest BCUT2D eigenvalue weighted by molar-refractivity contribution is -0.896. The summed E-state index contributed by atoms with van der Waals surface area (Å²) in [5.41, 5.74) is -0.164. The van der Waals surface area contributed by atoms with Gasteiger partial charge in [0.15, 0.2) is 12.2 Å². The molecule has 1 aromatic heterocycles. The number of quaternary nitrogens is 1. The largest absolute Gasteiger partial charge is 0.347 e. The van der Waals surface area contributed by atoms with Crippen LogP contribution in [0.4, 0.5) is 0 Å². The number of fused-ring (bicyclic) bond motifs is 1. The topological polar surface area (TPSA) is 88.7 Å². The normalized spacial score (nSPS) is 15.6. The first-order valence-electron chi connectivity index (χ1n) is 9.55. The van der Waals surface area contributed by atoms with Crippen molar-refractivity contribution < 1.29 is 14.5 Å². The number of nitrogens with zero attached hydrogens (tertiary/aromatic N) is 3. The molecular weight excluding hydrogens is 358 g/mol. The minimum absolute atomic E-state index is 0.0213. The molecule has 150 valence electrons. The van der Waals surface area contributed by atoms with Crippen molar-refractivity contribution in [1.82, 2.24) is 20.0 Å². The molecular formula is C20H28N5O3+. The minimum Gasteiger partial charge on any atom is -0.347 e. The van der Waals surface area contributed by atoms with Gasteiger partial charge in [-0.05, 0) is 26.8 Å². The molecule has 0 radical (unpaired) electrons. The van der Waals surface area contributed by atoms with Crippen LogP contribution < -0.4 is 15.8 Å². The molecule has 0 unspecified atom stereocenters. The molecule has 8 heteroatoms. The van der Waals surface area contributed by atoms with Crippen LogP contribution in [-0.4, -0.2) is 64.8 Å². The van der Waals surface area contributed by atoms with E-state index >= 15 is 0 Å². The molecule has 2 amide bonds. The van der Waals surface area contributed by atoms with Crippen LogP contribution >= 0.6 is 0 Å². The highest BCUT2D eigenvalue weighted by Crippen LogP contribution is 2.15. The van der Waals surface area contributed by atoms with Crippen LogP contribution in [0.1, 0.15) is 31.3 Å². The Bertz CT molecular complexity index is 952. The molecule has 0 spiro atoms. The summed E-state index contributed by atoms with van der Waals surface area (Å²) in [6, 6.07) is 7.06. The number of carbonyl (C=O) groups excluding carboxylic acids is 2. The van der Waals surface area contributed by atoms with Gasteiger partial charge in [0.25, 0.3) is 17.4 Å². The molecule has 2 N–H and O–H groups in total. The standard InChI is InChI=1S/C20H27N5O3/c1-20(2,3)21-16(26)13-24-9-11-25(12-10-24)19(28)17-14-7-5-6-8-15(14)18(27)23(4)22-17/h5-8H,9-13H2,1-4H3,(H,21,26)/p+1. The Kier molecular flexibility index (Phi) is 5.51. The van der Waals surface area contributed by atoms with E-state index in [-0.39, 0.29) is 22.9 Å². The number of carbonyl (C=O) groups is 2. The summed E-state index contributed by atoms with van der Waals surface area (Å²) in [7, 11) is 1.56. The molecule has 1 aromatic carbocycles. The van der Waals surface area contributed by atoms with Crippen LogP contribution in [0.3, 0.4) is 0 Å². The minimum atomic E-state index is -0.246. The van der Waals surface area contributed by atoms with Crippen molar-refractivity contribution >= 4 is 22.6 Å². The van der Waals surface area contributed by atoms with E-state index in [4.69, 9.17) is 0 Å². The Morgan fingerprint density at radius 1 is 1.14 bits per heavy atom. The molecule has 1 saturated heterocycles. The predicted octanol–water partition coefficient (Wildman–Crippen LogP) is -0.811. The fraction of sp³-hybridized carbons (Fsp3) is 0.500. The Hall–Kier alpha value is -2.74. The van der Waals surface area contributed by atoms with Crippen molar-refractivity contribution in [2.45, 2.75) is 26.3 Å². The summed E-state index contributed by atoms with van der Waals surface area (Å²) in [6.45, 7) is 8.79. The predicted molar refractivity (Wildman–Crippen MR) is 106 cm³/mol. The first-order chi connectivity index (χ1) is 13.2. The summed E-state index contributed by atoms with van der Waals surface area (Å²) in [6.07, 6.45) is 0. The number of aromatic nitrogens is 2. The lowest BCUT2D eigenvalue weighted by Gasteiger charge is -2.32. The number of amides is 2. The van der Waals surface area contributed by atoms with Crippen molar-refractivity contribution in [1.29, 1.82) is 0 Å². The maximum Gasteiger partial charge on any atom is 0.275 e. The van der Waals surface area contributed by atoms with Gasteiger partial charge >= 0.3 is 0 Å². The summed E-state index contributed by atoms with van der Waals surface area (Å²) in [4.78, 5) is 40.3. The second-order valence-electron chi connectivity index (χ2n) is 8.34. The Labute approximate surface area is 164 Å². The molecule has 2 heterocycles. The number of piperazine rings is 1. The summed E-state index contributed by atoms with van der Waals surface area (Å²) >= 11 is 0. The van der Waals surface area contributed by atoms with Gasteiger partial charge in [0.1, 0.15) is 0 Å². The molecule has 0 atom stereocenters. The number of aryl methyl sites for hydroxylation is 1. The first-order valence-corrected chi connectivity index (χ1v) is 9.55. The molecule has 2 aromatic rings. The van der Waals surface area contributed by atoms with Crippen molar-refractivity contribution in [3.05, 3.63) is 40.3 Å². The van der Waals surface area contributed by atoms with E-state index in [2.05, 4.69) is 10.4 Å². The van der Waals surface area contributed by atoms with Crippen molar-refractivity contribution in [2.75, 3.05) is 32.7 Å². The van der Waals surface area contributed by atoms with Gasteiger partial charge < -0.3 is 15.1 Å². The number of hydrogen-bond donors (Lipinski definition) is 2. The maximum atomic E-state index is 13.1. The molecule has 8 nitrogen and oxygen atoms in total. The van der Waals surface area contributed by atoms with Crippen molar-refractivity contribution in [3.63, 3.8) is 0 Å². The smallest absolute Gasteiger partial charge is 0.275 e. The van der Waals surface area contributed by atoms with Gasteiger partial charge in [-0.25, -0.2) is 4.68 Å². The van der Waals surface area contributed by atoms with Gasteiger partial charge in [0.2, 0.25) is 0 Å². The zero-order valence-electron chi connectivity index (χ0n) is 16.9. The molecule has 1 aliphatic heterocycles. The number of hydrogen-bond acceptors (Lipinski definition) is 4. The highest BCUT2D eigenvalue weighted by molar-refractivity contribution is 6.04. The van der Waals surface area contributed by atoms with Crippen LogP contribution in [0.25, 0.3) is 10.8 Å². The van der Waals surface area contributed by atoms with E-state index in [9.17, 15) is 14.4 Å². The van der Waals surface area contributed by atoms with Crippen LogP contribution in [-0.2, 0) is 11.8 Å². The second-order valence-corrected chi connectivity index (χ2v) is 8.34. The van der Waals surface area contributed by atoms with E-state index in [0.29, 0.717) is 49.2 Å². The van der Waals surface area contributed by atoms with E-state index in [1.54, 1.807) is 36.2 Å². The average molecular weight is 386 g/mol. The van der Waals surface area contributed by atoms with Crippen molar-refractivity contribution in [3.8, 4) is 0 Å².